The van der Waals surface area contributed by atoms with Gasteiger partial charge in [0, 0.05) is 17.3 Å². The maximum Gasteiger partial charge on any atom is 0.319 e. The number of amides is 4. The summed E-state index contributed by atoms with van der Waals surface area (Å²) in [5, 5.41) is 5.63. The van der Waals surface area contributed by atoms with Crippen LogP contribution in [0.4, 0.5) is 16.2 Å². The first-order chi connectivity index (χ1) is 16.3. The van der Waals surface area contributed by atoms with Gasteiger partial charge in [0.15, 0.2) is 0 Å². The molecule has 7 nitrogen and oxygen atoms in total. The molecule has 2 unspecified atom stereocenters. The van der Waals surface area contributed by atoms with Crippen LogP contribution in [0, 0.1) is 13.8 Å². The molecule has 0 spiro atoms. The molecule has 4 rings (SSSR count). The van der Waals surface area contributed by atoms with Gasteiger partial charge in [0.05, 0.1) is 0 Å². The summed E-state index contributed by atoms with van der Waals surface area (Å²) in [6.45, 7) is 3.60. The van der Waals surface area contributed by atoms with Crippen molar-refractivity contribution in [3.63, 3.8) is 0 Å². The number of rotatable bonds is 5. The number of nitrogens with zero attached hydrogens (tertiary/aromatic N) is 1. The summed E-state index contributed by atoms with van der Waals surface area (Å²) >= 11 is 0. The number of fused-ring (bicyclic) bond motifs is 1. The first-order valence-electron chi connectivity index (χ1n) is 11.2. The molecule has 1 heterocycles. The third-order valence-corrected chi connectivity index (χ3v) is 5.98. The SMILES string of the molecule is Cc1cccc(NC(=O)NC2CC(c3ccccc3)c3ccc(C)cc3N(CC(N)=O)C2=O)c1. The lowest BCUT2D eigenvalue weighted by Crippen LogP contribution is -2.51. The zero-order valence-corrected chi connectivity index (χ0v) is 19.2. The lowest BCUT2D eigenvalue weighted by atomic mass is 9.85. The number of hydrogen-bond donors (Lipinski definition) is 3. The summed E-state index contributed by atoms with van der Waals surface area (Å²) in [6.07, 6.45) is 0.343. The van der Waals surface area contributed by atoms with Crippen molar-refractivity contribution in [2.24, 2.45) is 5.73 Å². The molecule has 2 atom stereocenters. The molecular weight excluding hydrogens is 428 g/mol. The molecule has 4 N–H and O–H groups in total. The van der Waals surface area contributed by atoms with E-state index >= 15 is 0 Å². The molecule has 0 radical (unpaired) electrons. The molecule has 3 aromatic rings. The predicted molar refractivity (Wildman–Crippen MR) is 133 cm³/mol. The van der Waals surface area contributed by atoms with Gasteiger partial charge in [-0.1, -0.05) is 54.6 Å². The van der Waals surface area contributed by atoms with Crippen LogP contribution in [0.3, 0.4) is 0 Å². The van der Waals surface area contributed by atoms with Crippen LogP contribution < -0.4 is 21.3 Å². The van der Waals surface area contributed by atoms with Crippen LogP contribution in [-0.4, -0.2) is 30.4 Å². The van der Waals surface area contributed by atoms with E-state index in [0.717, 1.165) is 22.3 Å². The second-order valence-corrected chi connectivity index (χ2v) is 8.67. The monoisotopic (exact) mass is 456 g/mol. The van der Waals surface area contributed by atoms with Crippen LogP contribution in [0.5, 0.6) is 0 Å². The number of aryl methyl sites for hydroxylation is 2. The maximum absolute atomic E-state index is 13.6. The van der Waals surface area contributed by atoms with E-state index in [-0.39, 0.29) is 18.4 Å². The first kappa shape index (κ1) is 23.0. The molecule has 3 aromatic carbocycles. The van der Waals surface area contributed by atoms with Crippen molar-refractivity contribution in [2.75, 3.05) is 16.8 Å². The summed E-state index contributed by atoms with van der Waals surface area (Å²) in [4.78, 5) is 39.8. The smallest absolute Gasteiger partial charge is 0.319 e. The molecule has 0 aliphatic carbocycles. The van der Waals surface area contributed by atoms with E-state index in [1.807, 2.05) is 80.6 Å². The minimum absolute atomic E-state index is 0.164. The third kappa shape index (κ3) is 5.09. The Balaban J connectivity index is 1.72. The fourth-order valence-corrected chi connectivity index (χ4v) is 4.44. The van der Waals surface area contributed by atoms with Crippen LogP contribution in [-0.2, 0) is 9.59 Å². The van der Waals surface area contributed by atoms with E-state index in [9.17, 15) is 14.4 Å². The Hall–Kier alpha value is -4.13. The average Bonchev–Trinajstić information content (AvgIpc) is 2.90. The van der Waals surface area contributed by atoms with Crippen molar-refractivity contribution < 1.29 is 14.4 Å². The van der Waals surface area contributed by atoms with E-state index in [1.165, 1.54) is 4.90 Å². The van der Waals surface area contributed by atoms with Crippen molar-refractivity contribution in [3.8, 4) is 0 Å². The number of urea groups is 1. The number of carbonyl (C=O) groups is 3. The van der Waals surface area contributed by atoms with E-state index in [4.69, 9.17) is 5.73 Å². The Bertz CT molecular complexity index is 1230. The van der Waals surface area contributed by atoms with Crippen LogP contribution in [0.1, 0.15) is 34.6 Å². The lowest BCUT2D eigenvalue weighted by molar-refractivity contribution is -0.123. The molecule has 4 amide bonds. The van der Waals surface area contributed by atoms with Crippen LogP contribution in [0.15, 0.2) is 72.8 Å². The number of nitrogens with one attached hydrogen (secondary N) is 2. The number of carbonyl (C=O) groups excluding carboxylic acids is 3. The van der Waals surface area contributed by atoms with Crippen molar-refractivity contribution >= 4 is 29.2 Å². The Morgan fingerprint density at radius 2 is 1.71 bits per heavy atom. The van der Waals surface area contributed by atoms with Crippen molar-refractivity contribution in [1.82, 2.24) is 5.32 Å². The fourth-order valence-electron chi connectivity index (χ4n) is 4.44. The average molecular weight is 457 g/mol. The fraction of sp³-hybridized carbons (Fsp3) is 0.222. The van der Waals surface area contributed by atoms with Gasteiger partial charge in [0.25, 0.3) is 0 Å². The van der Waals surface area contributed by atoms with E-state index in [2.05, 4.69) is 10.6 Å². The minimum Gasteiger partial charge on any atom is -0.368 e. The molecule has 0 fully saturated rings. The summed E-state index contributed by atoms with van der Waals surface area (Å²) in [7, 11) is 0. The highest BCUT2D eigenvalue weighted by Crippen LogP contribution is 2.39. The Labute approximate surface area is 199 Å². The Kier molecular flexibility index (Phi) is 6.63. The summed E-state index contributed by atoms with van der Waals surface area (Å²) in [6, 6.07) is 21.8. The number of hydrogen-bond acceptors (Lipinski definition) is 3. The number of primary amides is 1. The van der Waals surface area contributed by atoms with Gasteiger partial charge in [0.1, 0.15) is 12.6 Å². The van der Waals surface area contributed by atoms with E-state index in [1.54, 1.807) is 6.07 Å². The topological polar surface area (TPSA) is 105 Å². The van der Waals surface area contributed by atoms with E-state index in [0.29, 0.717) is 17.8 Å². The minimum atomic E-state index is -0.859. The van der Waals surface area contributed by atoms with Crippen molar-refractivity contribution in [1.29, 1.82) is 0 Å². The van der Waals surface area contributed by atoms with Gasteiger partial charge in [-0.3, -0.25) is 9.59 Å². The van der Waals surface area contributed by atoms with Gasteiger partial charge in [-0.2, -0.15) is 0 Å². The molecule has 174 valence electrons. The molecule has 0 bridgehead atoms. The van der Waals surface area contributed by atoms with Crippen molar-refractivity contribution in [3.05, 3.63) is 95.1 Å². The Morgan fingerprint density at radius 1 is 0.971 bits per heavy atom. The lowest BCUT2D eigenvalue weighted by Gasteiger charge is -2.25. The molecule has 1 aliphatic rings. The highest BCUT2D eigenvalue weighted by Gasteiger charge is 2.37. The normalized spacial score (nSPS) is 17.5. The summed E-state index contributed by atoms with van der Waals surface area (Å²) in [5.74, 6) is -1.16. The zero-order valence-electron chi connectivity index (χ0n) is 19.2. The number of benzene rings is 3. The van der Waals surface area contributed by atoms with Gasteiger partial charge < -0.3 is 21.3 Å². The highest BCUT2D eigenvalue weighted by atomic mass is 16.2. The van der Waals surface area contributed by atoms with Crippen molar-refractivity contribution in [2.45, 2.75) is 32.2 Å². The van der Waals surface area contributed by atoms with Crippen LogP contribution in [0.2, 0.25) is 0 Å². The Morgan fingerprint density at radius 3 is 2.41 bits per heavy atom. The third-order valence-electron chi connectivity index (χ3n) is 5.98. The number of nitrogens with two attached hydrogens (primary N) is 1. The molecule has 0 aromatic heterocycles. The molecule has 34 heavy (non-hydrogen) atoms. The number of anilines is 2. The van der Waals surface area contributed by atoms with Gasteiger partial charge in [0.2, 0.25) is 11.8 Å². The molecule has 0 saturated carbocycles. The van der Waals surface area contributed by atoms with Crippen LogP contribution >= 0.6 is 0 Å². The van der Waals surface area contributed by atoms with Gasteiger partial charge in [-0.25, -0.2) is 4.79 Å². The zero-order chi connectivity index (χ0) is 24.2. The van der Waals surface area contributed by atoms with Gasteiger partial charge in [-0.05, 0) is 60.7 Å². The van der Waals surface area contributed by atoms with Gasteiger partial charge >= 0.3 is 6.03 Å². The maximum atomic E-state index is 13.6. The summed E-state index contributed by atoms with van der Waals surface area (Å²) in [5.41, 5.74) is 10.7. The first-order valence-corrected chi connectivity index (χ1v) is 11.2. The second kappa shape index (κ2) is 9.79. The van der Waals surface area contributed by atoms with Crippen LogP contribution in [0.25, 0.3) is 0 Å². The van der Waals surface area contributed by atoms with E-state index < -0.39 is 18.0 Å². The second-order valence-electron chi connectivity index (χ2n) is 8.67. The summed E-state index contributed by atoms with van der Waals surface area (Å²) < 4.78 is 0. The molecular formula is C27H28N4O3. The molecule has 0 saturated heterocycles. The quantitative estimate of drug-likeness (QED) is 0.543. The highest BCUT2D eigenvalue weighted by molar-refractivity contribution is 6.05. The predicted octanol–water partition coefficient (Wildman–Crippen LogP) is 3.85. The molecule has 7 heteroatoms. The largest absolute Gasteiger partial charge is 0.368 e. The van der Waals surface area contributed by atoms with Gasteiger partial charge in [-0.15, -0.1) is 0 Å². The standard InChI is InChI=1S/C27H28N4O3/c1-17-7-6-10-20(13-17)29-27(34)30-23-15-22(19-8-4-3-5-9-19)21-12-11-18(2)14-24(21)31(26(23)33)16-25(28)32/h3-14,22-23H,15-16H2,1-2H3,(H2,28,32)(H2,29,30,34). The molecule has 1 aliphatic heterocycles.